The van der Waals surface area contributed by atoms with Crippen LogP contribution in [0.1, 0.15) is 0 Å². The third kappa shape index (κ3) is 4.66. The number of esters is 1. The van der Waals surface area contributed by atoms with Gasteiger partial charge in [0.05, 0.1) is 5.69 Å². The Kier molecular flexibility index (Phi) is 5.85. The van der Waals surface area contributed by atoms with Crippen LogP contribution >= 0.6 is 15.9 Å². The summed E-state index contributed by atoms with van der Waals surface area (Å²) in [6, 6.07) is 14.3. The molecule has 4 rings (SSSR count). The Morgan fingerprint density at radius 2 is 1.74 bits per heavy atom. The maximum Gasteiger partial charge on any atom is 0.344 e. The fourth-order valence-corrected chi connectivity index (χ4v) is 3.47. The van der Waals surface area contributed by atoms with Crippen LogP contribution in [0.5, 0.6) is 5.75 Å². The van der Waals surface area contributed by atoms with Gasteiger partial charge in [-0.3, -0.25) is 4.79 Å². The number of anilines is 1. The van der Waals surface area contributed by atoms with E-state index in [1.807, 2.05) is 24.3 Å². The van der Waals surface area contributed by atoms with Crippen molar-refractivity contribution >= 4 is 55.4 Å². The van der Waals surface area contributed by atoms with Crippen LogP contribution in [0.3, 0.4) is 0 Å². The summed E-state index contributed by atoms with van der Waals surface area (Å²) in [5.41, 5.74) is 1.18. The molecular weight excluding hydrogens is 476 g/mol. The molecule has 0 aliphatic carbocycles. The lowest BCUT2D eigenvalue weighted by Crippen LogP contribution is -2.24. The van der Waals surface area contributed by atoms with Crippen LogP contribution in [0.2, 0.25) is 0 Å². The largest absolute Gasteiger partial charge is 0.482 e. The van der Waals surface area contributed by atoms with Gasteiger partial charge in [0, 0.05) is 21.3 Å². The molecule has 6 nitrogen and oxygen atoms in total. The molecule has 4 aromatic rings. The van der Waals surface area contributed by atoms with Crippen molar-refractivity contribution in [2.24, 2.45) is 0 Å². The van der Waals surface area contributed by atoms with Crippen LogP contribution in [0, 0.1) is 11.6 Å². The lowest BCUT2D eigenvalue weighted by Gasteiger charge is -2.10. The first-order valence-electron chi connectivity index (χ1n) is 9.05. The number of fused-ring (bicyclic) bond motifs is 3. The number of para-hydroxylation sites is 1. The number of furan rings is 1. The summed E-state index contributed by atoms with van der Waals surface area (Å²) in [5, 5.41) is 3.97. The monoisotopic (exact) mass is 489 g/mol. The van der Waals surface area contributed by atoms with Crippen molar-refractivity contribution < 1.29 is 32.3 Å². The van der Waals surface area contributed by atoms with Gasteiger partial charge in [0.25, 0.3) is 5.91 Å². The molecule has 0 saturated heterocycles. The lowest BCUT2D eigenvalue weighted by molar-refractivity contribution is -0.149. The smallest absolute Gasteiger partial charge is 0.344 e. The average molecular weight is 490 g/mol. The zero-order valence-corrected chi connectivity index (χ0v) is 17.4. The molecule has 0 saturated carbocycles. The van der Waals surface area contributed by atoms with Gasteiger partial charge in [-0.05, 0) is 46.3 Å². The van der Waals surface area contributed by atoms with Crippen molar-refractivity contribution in [2.45, 2.75) is 0 Å². The Balaban J connectivity index is 1.32. The number of nitrogens with one attached hydrogen (secondary N) is 1. The van der Waals surface area contributed by atoms with Crippen LogP contribution in [0.15, 0.2) is 63.5 Å². The average Bonchev–Trinajstić information content (AvgIpc) is 3.11. The van der Waals surface area contributed by atoms with Crippen LogP contribution < -0.4 is 10.1 Å². The van der Waals surface area contributed by atoms with Crippen LogP contribution in [0.25, 0.3) is 21.9 Å². The van der Waals surface area contributed by atoms with Crippen LogP contribution in [-0.2, 0) is 14.3 Å². The minimum atomic E-state index is -0.961. The molecule has 1 amide bonds. The third-order valence-electron chi connectivity index (χ3n) is 4.34. The van der Waals surface area contributed by atoms with E-state index in [0.29, 0.717) is 17.4 Å². The molecule has 0 bridgehead atoms. The summed E-state index contributed by atoms with van der Waals surface area (Å²) >= 11 is 2.96. The number of carbonyl (C=O) groups excluding carboxylic acids is 2. The molecule has 0 aliphatic heterocycles. The van der Waals surface area contributed by atoms with Gasteiger partial charge in [0.2, 0.25) is 0 Å². The number of hydrogen-bond acceptors (Lipinski definition) is 5. The van der Waals surface area contributed by atoms with Gasteiger partial charge in [0.1, 0.15) is 22.7 Å². The Hall–Kier alpha value is -3.46. The molecule has 31 heavy (non-hydrogen) atoms. The van der Waals surface area contributed by atoms with Gasteiger partial charge in [0.15, 0.2) is 19.0 Å². The van der Waals surface area contributed by atoms with Gasteiger partial charge in [-0.25, -0.2) is 13.6 Å². The van der Waals surface area contributed by atoms with Gasteiger partial charge in [-0.15, -0.1) is 0 Å². The van der Waals surface area contributed by atoms with E-state index in [-0.39, 0.29) is 10.2 Å². The first-order chi connectivity index (χ1) is 14.9. The minimum Gasteiger partial charge on any atom is -0.482 e. The van der Waals surface area contributed by atoms with Crippen molar-refractivity contribution in [2.75, 3.05) is 18.5 Å². The van der Waals surface area contributed by atoms with Crippen LogP contribution in [0.4, 0.5) is 14.5 Å². The Bertz CT molecular complexity index is 1280. The highest BCUT2D eigenvalue weighted by Gasteiger charge is 2.15. The molecular formula is C22H14BrF2NO5. The molecule has 9 heteroatoms. The summed E-state index contributed by atoms with van der Waals surface area (Å²) in [6.07, 6.45) is 0. The fraction of sp³-hybridized carbons (Fsp3) is 0.0909. The van der Waals surface area contributed by atoms with Crippen molar-refractivity contribution in [1.29, 1.82) is 0 Å². The van der Waals surface area contributed by atoms with Gasteiger partial charge in [-0.1, -0.05) is 18.2 Å². The summed E-state index contributed by atoms with van der Waals surface area (Å²) in [6.45, 7) is -1.08. The number of ether oxygens (including phenoxy) is 2. The summed E-state index contributed by atoms with van der Waals surface area (Å²) in [5.74, 6) is -2.90. The SMILES string of the molecule is O=C(COC(=O)COc1ccc2oc3ccccc3c2c1)Nc1c(F)cc(F)cc1Br. The normalized spacial score (nSPS) is 10.9. The molecule has 0 aliphatic rings. The zero-order valence-electron chi connectivity index (χ0n) is 15.8. The summed E-state index contributed by atoms with van der Waals surface area (Å²) in [7, 11) is 0. The Morgan fingerprint density at radius 1 is 0.968 bits per heavy atom. The van der Waals surface area contributed by atoms with Crippen molar-refractivity contribution in [3.63, 3.8) is 0 Å². The minimum absolute atomic E-state index is 0.0233. The number of rotatable bonds is 6. The third-order valence-corrected chi connectivity index (χ3v) is 4.97. The second-order valence-corrected chi connectivity index (χ2v) is 7.35. The fourth-order valence-electron chi connectivity index (χ4n) is 2.96. The predicted molar refractivity (Wildman–Crippen MR) is 113 cm³/mol. The van der Waals surface area contributed by atoms with Gasteiger partial charge < -0.3 is 19.2 Å². The molecule has 0 atom stereocenters. The van der Waals surface area contributed by atoms with E-state index in [9.17, 15) is 18.4 Å². The molecule has 1 N–H and O–H groups in total. The van der Waals surface area contributed by atoms with Crippen molar-refractivity contribution in [1.82, 2.24) is 0 Å². The molecule has 0 unspecified atom stereocenters. The lowest BCUT2D eigenvalue weighted by atomic mass is 10.1. The first kappa shape index (κ1) is 20.8. The molecule has 1 aromatic heterocycles. The molecule has 3 aromatic carbocycles. The molecule has 158 valence electrons. The number of halogens is 3. The Morgan fingerprint density at radius 3 is 2.55 bits per heavy atom. The molecule has 0 radical (unpaired) electrons. The maximum absolute atomic E-state index is 13.7. The molecule has 0 spiro atoms. The predicted octanol–water partition coefficient (Wildman–Crippen LogP) is 5.19. The zero-order chi connectivity index (χ0) is 22.0. The van der Waals surface area contributed by atoms with Gasteiger partial charge in [-0.2, -0.15) is 0 Å². The van der Waals surface area contributed by atoms with Crippen LogP contribution in [-0.4, -0.2) is 25.1 Å². The van der Waals surface area contributed by atoms with E-state index in [0.717, 1.165) is 22.4 Å². The van der Waals surface area contributed by atoms with Crippen molar-refractivity contribution in [3.8, 4) is 5.75 Å². The number of carbonyl (C=O) groups is 2. The second kappa shape index (κ2) is 8.73. The standard InChI is InChI=1S/C22H14BrF2NO5/c23-16-7-12(24)8-17(25)22(16)26-20(27)10-30-21(28)11-29-13-5-6-19-15(9-13)14-3-1-2-4-18(14)31-19/h1-9H,10-11H2,(H,26,27). The Labute approximate surface area is 182 Å². The van der Waals surface area contributed by atoms with E-state index in [2.05, 4.69) is 21.2 Å². The van der Waals surface area contributed by atoms with E-state index >= 15 is 0 Å². The molecule has 0 fully saturated rings. The van der Waals surface area contributed by atoms with E-state index < -0.39 is 36.7 Å². The number of benzene rings is 3. The van der Waals surface area contributed by atoms with Gasteiger partial charge >= 0.3 is 5.97 Å². The van der Waals surface area contributed by atoms with E-state index in [4.69, 9.17) is 13.9 Å². The van der Waals surface area contributed by atoms with E-state index in [1.165, 1.54) is 0 Å². The second-order valence-electron chi connectivity index (χ2n) is 6.50. The number of amides is 1. The maximum atomic E-state index is 13.7. The summed E-state index contributed by atoms with van der Waals surface area (Å²) < 4.78 is 42.9. The highest BCUT2D eigenvalue weighted by molar-refractivity contribution is 9.10. The van der Waals surface area contributed by atoms with E-state index in [1.54, 1.807) is 18.2 Å². The highest BCUT2D eigenvalue weighted by atomic mass is 79.9. The highest BCUT2D eigenvalue weighted by Crippen LogP contribution is 2.31. The number of hydrogen-bond donors (Lipinski definition) is 1. The quantitative estimate of drug-likeness (QED) is 0.377. The first-order valence-corrected chi connectivity index (χ1v) is 9.84. The van der Waals surface area contributed by atoms with Crippen molar-refractivity contribution in [3.05, 3.63) is 70.7 Å². The summed E-state index contributed by atoms with van der Waals surface area (Å²) in [4.78, 5) is 23.8. The molecule has 1 heterocycles. The topological polar surface area (TPSA) is 77.8 Å².